The first-order chi connectivity index (χ1) is 5.97. The molecule has 63 valence electrons. The molecule has 0 N–H and O–H groups in total. The molecule has 2 rings (SSSR count). The quantitative estimate of drug-likeness (QED) is 0.593. The molecule has 1 unspecified atom stereocenters. The van der Waals surface area contributed by atoms with Gasteiger partial charge in [-0.15, -0.1) is 0 Å². The minimum absolute atomic E-state index is 0.0416. The fourth-order valence-corrected chi connectivity index (χ4v) is 1.16. The van der Waals surface area contributed by atoms with E-state index in [1.165, 1.54) is 0 Å². The summed E-state index contributed by atoms with van der Waals surface area (Å²) in [7, 11) is 0. The minimum Gasteiger partial charge on any atom is -0.378 e. The van der Waals surface area contributed by atoms with Gasteiger partial charge in [0.2, 0.25) is 0 Å². The molecule has 1 fully saturated rings. The van der Waals surface area contributed by atoms with Crippen molar-refractivity contribution in [2.24, 2.45) is 0 Å². The Morgan fingerprint density at radius 3 is 2.83 bits per heavy atom. The summed E-state index contributed by atoms with van der Waals surface area (Å²) in [6.45, 7) is 2.09. The fraction of sp³-hybridized carbons (Fsp3) is 0.500. The van der Waals surface area contributed by atoms with Gasteiger partial charge in [0.15, 0.2) is 0 Å². The average molecular weight is 164 g/mol. The Morgan fingerprint density at radius 1 is 1.33 bits per heavy atom. The molecule has 0 bridgehead atoms. The van der Waals surface area contributed by atoms with Gasteiger partial charge >= 0.3 is 0 Å². The molecule has 0 amide bonds. The first-order valence-corrected chi connectivity index (χ1v) is 3.98. The van der Waals surface area contributed by atoms with E-state index < -0.39 is 0 Å². The Labute approximate surface area is 71.0 Å². The van der Waals surface area contributed by atoms with E-state index in [2.05, 4.69) is 15.3 Å². The predicted molar refractivity (Wildman–Crippen MR) is 42.6 cm³/mol. The van der Waals surface area contributed by atoms with Gasteiger partial charge in [0.1, 0.15) is 11.9 Å². The van der Waals surface area contributed by atoms with E-state index in [1.807, 2.05) is 0 Å². The monoisotopic (exact) mass is 164 g/mol. The highest BCUT2D eigenvalue weighted by Gasteiger charge is 2.18. The third-order valence-electron chi connectivity index (χ3n) is 1.74. The highest BCUT2D eigenvalue weighted by molar-refractivity contribution is 4.96. The topological polar surface area (TPSA) is 49.1 Å². The van der Waals surface area contributed by atoms with Gasteiger partial charge < -0.3 is 4.74 Å². The maximum absolute atomic E-state index is 5.26. The molecule has 1 radical (unpaired) electrons. The van der Waals surface area contributed by atoms with Gasteiger partial charge in [-0.2, -0.15) is 0 Å². The molecule has 4 nitrogen and oxygen atoms in total. The lowest BCUT2D eigenvalue weighted by atomic mass is 10.2. The molecular weight excluding hydrogens is 154 g/mol. The van der Waals surface area contributed by atoms with Gasteiger partial charge in [-0.25, -0.2) is 15.3 Å². The van der Waals surface area contributed by atoms with E-state index in [9.17, 15) is 0 Å². The zero-order chi connectivity index (χ0) is 8.23. The smallest absolute Gasteiger partial charge is 0.149 e. The third-order valence-corrected chi connectivity index (χ3v) is 1.74. The van der Waals surface area contributed by atoms with Crippen LogP contribution >= 0.6 is 0 Å². The number of hydrogen-bond acceptors (Lipinski definition) is 3. The first kappa shape index (κ1) is 7.64. The summed E-state index contributed by atoms with van der Waals surface area (Å²) < 4.78 is 5.26. The lowest BCUT2D eigenvalue weighted by molar-refractivity contribution is 0.0718. The minimum atomic E-state index is 0.0416. The van der Waals surface area contributed by atoms with Crippen LogP contribution in [0.3, 0.4) is 0 Å². The summed E-state index contributed by atoms with van der Waals surface area (Å²) in [5.74, 6) is 0.761. The van der Waals surface area contributed by atoms with Crippen LogP contribution in [0.5, 0.6) is 0 Å². The van der Waals surface area contributed by atoms with Crippen LogP contribution in [-0.2, 0) is 4.74 Å². The maximum Gasteiger partial charge on any atom is 0.149 e. The Balaban J connectivity index is 2.08. The molecule has 1 aromatic heterocycles. The normalized spacial score (nSPS) is 23.8. The van der Waals surface area contributed by atoms with Crippen molar-refractivity contribution in [1.82, 2.24) is 15.3 Å². The molecule has 12 heavy (non-hydrogen) atoms. The predicted octanol–water partition coefficient (Wildman–Crippen LogP) is 0.152. The summed E-state index contributed by atoms with van der Waals surface area (Å²) in [6, 6.07) is 1.84. The number of morpholine rings is 1. The van der Waals surface area contributed by atoms with Crippen LogP contribution in [0.1, 0.15) is 11.9 Å². The van der Waals surface area contributed by atoms with Crippen LogP contribution in [0.4, 0.5) is 0 Å². The van der Waals surface area contributed by atoms with Gasteiger partial charge in [-0.05, 0) is 6.07 Å². The van der Waals surface area contributed by atoms with Gasteiger partial charge in [0.05, 0.1) is 13.2 Å². The second-order valence-corrected chi connectivity index (χ2v) is 2.60. The van der Waals surface area contributed by atoms with E-state index in [4.69, 9.17) is 4.74 Å². The summed E-state index contributed by atoms with van der Waals surface area (Å²) in [4.78, 5) is 8.24. The molecular formula is C8H10N3O. The van der Waals surface area contributed by atoms with Crippen LogP contribution in [0.25, 0.3) is 0 Å². The van der Waals surface area contributed by atoms with Crippen LogP contribution < -0.4 is 5.32 Å². The van der Waals surface area contributed by atoms with Crippen LogP contribution in [0.2, 0.25) is 0 Å². The Hall–Kier alpha value is -1.00. The lowest BCUT2D eigenvalue weighted by Crippen LogP contribution is -2.30. The molecule has 0 aliphatic carbocycles. The molecule has 1 aliphatic rings. The number of rotatable bonds is 1. The third kappa shape index (κ3) is 1.60. The average Bonchev–Trinajstić information content (AvgIpc) is 2.21. The number of aromatic nitrogens is 2. The highest BCUT2D eigenvalue weighted by Crippen LogP contribution is 2.10. The standard InChI is InChI=1S/C8H10N3O/c1-2-10-8(11-3-1)7-6-12-5-4-9-7/h1-3,7H,4-6H2. The fourth-order valence-electron chi connectivity index (χ4n) is 1.16. The largest absolute Gasteiger partial charge is 0.378 e. The van der Waals surface area contributed by atoms with E-state index >= 15 is 0 Å². The Kier molecular flexibility index (Phi) is 2.29. The van der Waals surface area contributed by atoms with Gasteiger partial charge in [0.25, 0.3) is 0 Å². The second kappa shape index (κ2) is 3.60. The molecule has 4 heteroatoms. The second-order valence-electron chi connectivity index (χ2n) is 2.60. The first-order valence-electron chi connectivity index (χ1n) is 3.98. The van der Waals surface area contributed by atoms with Gasteiger partial charge in [-0.3, -0.25) is 0 Å². The van der Waals surface area contributed by atoms with Crippen LogP contribution in [0, 0.1) is 0 Å². The number of nitrogens with zero attached hydrogens (tertiary/aromatic N) is 3. The zero-order valence-corrected chi connectivity index (χ0v) is 6.68. The summed E-state index contributed by atoms with van der Waals surface area (Å²) >= 11 is 0. The molecule has 0 aromatic carbocycles. The molecule has 0 saturated carbocycles. The summed E-state index contributed by atoms with van der Waals surface area (Å²) in [6.07, 6.45) is 3.46. The Morgan fingerprint density at radius 2 is 2.17 bits per heavy atom. The van der Waals surface area contributed by atoms with Crippen molar-refractivity contribution in [1.29, 1.82) is 0 Å². The van der Waals surface area contributed by atoms with Crippen molar-refractivity contribution in [3.8, 4) is 0 Å². The summed E-state index contributed by atoms with van der Waals surface area (Å²) in [5.41, 5.74) is 0. The van der Waals surface area contributed by atoms with E-state index in [0.29, 0.717) is 6.61 Å². The summed E-state index contributed by atoms with van der Waals surface area (Å²) in [5, 5.41) is 4.35. The maximum atomic E-state index is 5.26. The Bertz CT molecular complexity index is 233. The van der Waals surface area contributed by atoms with Crippen molar-refractivity contribution in [2.75, 3.05) is 19.8 Å². The molecule has 1 aliphatic heterocycles. The van der Waals surface area contributed by atoms with Crippen molar-refractivity contribution in [2.45, 2.75) is 6.04 Å². The zero-order valence-electron chi connectivity index (χ0n) is 6.68. The van der Waals surface area contributed by atoms with Crippen LogP contribution in [-0.4, -0.2) is 29.7 Å². The lowest BCUT2D eigenvalue weighted by Gasteiger charge is -2.20. The van der Waals surface area contributed by atoms with E-state index in [1.54, 1.807) is 18.5 Å². The number of ether oxygens (including phenoxy) is 1. The van der Waals surface area contributed by atoms with Gasteiger partial charge in [-0.1, -0.05) is 0 Å². The van der Waals surface area contributed by atoms with Crippen molar-refractivity contribution < 1.29 is 4.74 Å². The molecule has 2 heterocycles. The molecule has 1 aromatic rings. The number of hydrogen-bond donors (Lipinski definition) is 0. The van der Waals surface area contributed by atoms with E-state index in [-0.39, 0.29) is 6.04 Å². The van der Waals surface area contributed by atoms with Gasteiger partial charge in [0, 0.05) is 18.9 Å². The molecule has 1 atom stereocenters. The van der Waals surface area contributed by atoms with Crippen molar-refractivity contribution in [3.05, 3.63) is 24.3 Å². The molecule has 1 saturated heterocycles. The van der Waals surface area contributed by atoms with Crippen molar-refractivity contribution in [3.63, 3.8) is 0 Å². The highest BCUT2D eigenvalue weighted by atomic mass is 16.5. The van der Waals surface area contributed by atoms with Crippen molar-refractivity contribution >= 4 is 0 Å². The molecule has 0 spiro atoms. The van der Waals surface area contributed by atoms with Crippen LogP contribution in [0.15, 0.2) is 18.5 Å². The SMILES string of the molecule is c1cnc(C2COCC[N]2)nc1. The van der Waals surface area contributed by atoms with E-state index in [0.717, 1.165) is 19.0 Å².